The molecule has 0 heterocycles. The van der Waals surface area contributed by atoms with Gasteiger partial charge in [0.2, 0.25) is 0 Å². The summed E-state index contributed by atoms with van der Waals surface area (Å²) in [5.74, 6) is 0. The number of rotatable bonds is 3. The first kappa shape index (κ1) is 14.0. The van der Waals surface area contributed by atoms with Gasteiger partial charge in [-0.15, -0.1) is 0 Å². The SMILES string of the molecule is CCc1ccccc1P(O)c1ccccc1.[B]. The zero-order valence-corrected chi connectivity index (χ0v) is 10.8. The van der Waals surface area contributed by atoms with Crippen LogP contribution >= 0.6 is 8.15 Å². The fourth-order valence-corrected chi connectivity index (χ4v) is 3.19. The van der Waals surface area contributed by atoms with Gasteiger partial charge in [-0.05, 0) is 12.0 Å². The second-order valence-electron chi connectivity index (χ2n) is 3.63. The van der Waals surface area contributed by atoms with Crippen LogP contribution in [0, 0.1) is 0 Å². The molecule has 0 aromatic heterocycles. The van der Waals surface area contributed by atoms with Crippen LogP contribution in [0.1, 0.15) is 12.5 Å². The highest BCUT2D eigenvalue weighted by Gasteiger charge is 2.12. The van der Waals surface area contributed by atoms with E-state index in [4.69, 9.17) is 0 Å². The second-order valence-corrected chi connectivity index (χ2v) is 5.25. The van der Waals surface area contributed by atoms with E-state index in [0.29, 0.717) is 0 Å². The maximum absolute atomic E-state index is 10.4. The Kier molecular flexibility index (Phi) is 5.41. The molecule has 1 unspecified atom stereocenters. The Bertz CT molecular complexity index is 459. The third-order valence-corrected chi connectivity index (χ3v) is 4.28. The highest BCUT2D eigenvalue weighted by atomic mass is 31.1. The van der Waals surface area contributed by atoms with Crippen molar-refractivity contribution < 1.29 is 4.89 Å². The van der Waals surface area contributed by atoms with Crippen molar-refractivity contribution in [2.45, 2.75) is 13.3 Å². The van der Waals surface area contributed by atoms with Crippen LogP contribution < -0.4 is 10.6 Å². The molecule has 17 heavy (non-hydrogen) atoms. The van der Waals surface area contributed by atoms with E-state index in [-0.39, 0.29) is 8.41 Å². The smallest absolute Gasteiger partial charge is 0.0880 e. The fraction of sp³-hybridized carbons (Fsp3) is 0.143. The van der Waals surface area contributed by atoms with Crippen LogP contribution in [-0.4, -0.2) is 13.3 Å². The Labute approximate surface area is 106 Å². The summed E-state index contributed by atoms with van der Waals surface area (Å²) < 4.78 is 0. The van der Waals surface area contributed by atoms with Crippen LogP contribution in [-0.2, 0) is 6.42 Å². The van der Waals surface area contributed by atoms with Gasteiger partial charge < -0.3 is 4.89 Å². The first-order chi connectivity index (χ1) is 7.83. The van der Waals surface area contributed by atoms with Crippen molar-refractivity contribution in [3.63, 3.8) is 0 Å². The minimum Gasteiger partial charge on any atom is -0.364 e. The lowest BCUT2D eigenvalue weighted by Gasteiger charge is -2.14. The van der Waals surface area contributed by atoms with Crippen LogP contribution in [0.5, 0.6) is 0 Å². The Hall–Kier alpha value is -1.11. The molecule has 0 aliphatic rings. The largest absolute Gasteiger partial charge is 0.364 e. The second kappa shape index (κ2) is 6.59. The molecule has 0 spiro atoms. The highest BCUT2D eigenvalue weighted by Crippen LogP contribution is 2.29. The molecule has 0 aliphatic carbocycles. The molecule has 0 aliphatic heterocycles. The van der Waals surface area contributed by atoms with Gasteiger partial charge in [-0.25, -0.2) is 0 Å². The number of hydrogen-bond donors (Lipinski definition) is 1. The molecule has 0 amide bonds. The van der Waals surface area contributed by atoms with Gasteiger partial charge in [0.15, 0.2) is 0 Å². The molecule has 1 atom stereocenters. The lowest BCUT2D eigenvalue weighted by atomic mass is 10.2. The number of hydrogen-bond acceptors (Lipinski definition) is 1. The van der Waals surface area contributed by atoms with E-state index in [1.54, 1.807) is 0 Å². The molecule has 1 N–H and O–H groups in total. The Morgan fingerprint density at radius 1 is 0.941 bits per heavy atom. The van der Waals surface area contributed by atoms with Gasteiger partial charge in [0.05, 0.1) is 8.15 Å². The molecule has 0 saturated heterocycles. The number of benzene rings is 2. The monoisotopic (exact) mass is 241 g/mol. The molecule has 0 bridgehead atoms. The van der Waals surface area contributed by atoms with E-state index in [0.717, 1.165) is 17.0 Å². The maximum Gasteiger partial charge on any atom is 0.0880 e. The summed E-state index contributed by atoms with van der Waals surface area (Å²) in [6.07, 6.45) is 0.961. The standard InChI is InChI=1S/C14H15OP.B/c1-2-12-8-6-7-11-14(12)16(15)13-9-4-3-5-10-13;/h3-11,15H,2H2,1H3;. The zero-order valence-electron chi connectivity index (χ0n) is 9.88. The molecule has 85 valence electrons. The lowest BCUT2D eigenvalue weighted by Crippen LogP contribution is -2.14. The quantitative estimate of drug-likeness (QED) is 0.645. The van der Waals surface area contributed by atoms with E-state index in [2.05, 4.69) is 13.0 Å². The van der Waals surface area contributed by atoms with Crippen molar-refractivity contribution >= 4 is 27.2 Å². The molecule has 3 radical (unpaired) electrons. The lowest BCUT2D eigenvalue weighted by molar-refractivity contribution is 0.644. The first-order valence-electron chi connectivity index (χ1n) is 5.45. The third-order valence-electron chi connectivity index (χ3n) is 2.60. The van der Waals surface area contributed by atoms with Gasteiger partial charge in [0.25, 0.3) is 0 Å². The van der Waals surface area contributed by atoms with E-state index in [1.807, 2.05) is 48.5 Å². The summed E-state index contributed by atoms with van der Waals surface area (Å²) in [7, 11) is -1.20. The van der Waals surface area contributed by atoms with Crippen LogP contribution in [0.2, 0.25) is 0 Å². The van der Waals surface area contributed by atoms with Crippen molar-refractivity contribution in [3.8, 4) is 0 Å². The zero-order chi connectivity index (χ0) is 11.4. The third kappa shape index (κ3) is 3.18. The minimum absolute atomic E-state index is 0. The van der Waals surface area contributed by atoms with Crippen molar-refractivity contribution in [3.05, 3.63) is 60.2 Å². The van der Waals surface area contributed by atoms with Gasteiger partial charge in [-0.2, -0.15) is 0 Å². The molecule has 2 rings (SSSR count). The van der Waals surface area contributed by atoms with Crippen LogP contribution in [0.25, 0.3) is 0 Å². The molecular weight excluding hydrogens is 226 g/mol. The van der Waals surface area contributed by atoms with E-state index in [1.165, 1.54) is 5.56 Å². The van der Waals surface area contributed by atoms with Crippen molar-refractivity contribution in [2.24, 2.45) is 0 Å². The first-order valence-corrected chi connectivity index (χ1v) is 6.74. The van der Waals surface area contributed by atoms with Crippen LogP contribution in [0.4, 0.5) is 0 Å². The van der Waals surface area contributed by atoms with Crippen molar-refractivity contribution in [1.29, 1.82) is 0 Å². The highest BCUT2D eigenvalue weighted by molar-refractivity contribution is 7.67. The van der Waals surface area contributed by atoms with Gasteiger partial charge in [0, 0.05) is 19.0 Å². The van der Waals surface area contributed by atoms with E-state index in [9.17, 15) is 4.89 Å². The summed E-state index contributed by atoms with van der Waals surface area (Å²) in [5.41, 5.74) is 1.24. The predicted octanol–water partition coefficient (Wildman–Crippen LogP) is 2.21. The van der Waals surface area contributed by atoms with E-state index >= 15 is 0 Å². The minimum atomic E-state index is -1.20. The Balaban J connectivity index is 0.00000144. The average Bonchev–Trinajstić information content (AvgIpc) is 2.39. The van der Waals surface area contributed by atoms with Gasteiger partial charge in [0.1, 0.15) is 0 Å². The molecule has 0 fully saturated rings. The van der Waals surface area contributed by atoms with Gasteiger partial charge in [-0.3, -0.25) is 0 Å². The fourth-order valence-electron chi connectivity index (χ4n) is 1.72. The van der Waals surface area contributed by atoms with Crippen molar-refractivity contribution in [2.75, 3.05) is 0 Å². The molecule has 1 nitrogen and oxygen atoms in total. The van der Waals surface area contributed by atoms with Crippen LogP contribution in [0.3, 0.4) is 0 Å². The molecule has 3 heteroatoms. The van der Waals surface area contributed by atoms with Crippen LogP contribution in [0.15, 0.2) is 54.6 Å². The van der Waals surface area contributed by atoms with Crippen molar-refractivity contribution in [1.82, 2.24) is 0 Å². The average molecular weight is 241 g/mol. The maximum atomic E-state index is 10.4. The summed E-state index contributed by atoms with van der Waals surface area (Å²) in [6.45, 7) is 2.12. The van der Waals surface area contributed by atoms with Gasteiger partial charge in [-0.1, -0.05) is 61.5 Å². The Morgan fingerprint density at radius 3 is 2.18 bits per heavy atom. The molecular formula is C14H15BOP. The summed E-state index contributed by atoms with van der Waals surface area (Å²) >= 11 is 0. The summed E-state index contributed by atoms with van der Waals surface area (Å²) in [6, 6.07) is 18.0. The number of aryl methyl sites for hydroxylation is 1. The predicted molar refractivity (Wildman–Crippen MR) is 76.4 cm³/mol. The summed E-state index contributed by atoms with van der Waals surface area (Å²) in [4.78, 5) is 10.4. The molecule has 2 aromatic rings. The molecule has 2 aromatic carbocycles. The normalized spacial score (nSPS) is 11.6. The summed E-state index contributed by atoms with van der Waals surface area (Å²) in [5, 5.41) is 2.09. The van der Waals surface area contributed by atoms with E-state index < -0.39 is 8.15 Å². The molecule has 0 saturated carbocycles. The Morgan fingerprint density at radius 2 is 1.53 bits per heavy atom. The topological polar surface area (TPSA) is 20.2 Å². The van der Waals surface area contributed by atoms with Gasteiger partial charge >= 0.3 is 0 Å².